The second-order valence-corrected chi connectivity index (χ2v) is 7.88. The summed E-state index contributed by atoms with van der Waals surface area (Å²) in [5.41, 5.74) is 6.17. The van der Waals surface area contributed by atoms with Crippen molar-refractivity contribution in [3.63, 3.8) is 0 Å². The van der Waals surface area contributed by atoms with Crippen molar-refractivity contribution in [2.75, 3.05) is 19.7 Å². The summed E-state index contributed by atoms with van der Waals surface area (Å²) in [5, 5.41) is 22.0. The smallest absolute Gasteiger partial charge is 0.430 e. The third-order valence-electron chi connectivity index (χ3n) is 5.66. The SMILES string of the molecule is CCOC(O)=[N+]1CCC(=C2c3ccc(Cl)cc3CCc3cc([N+](=O)[O-])cnc32)CC1. The summed E-state index contributed by atoms with van der Waals surface area (Å²) >= 11 is 6.25. The van der Waals surface area contributed by atoms with Crippen LogP contribution >= 0.6 is 11.6 Å². The van der Waals surface area contributed by atoms with Crippen LogP contribution in [-0.4, -0.2) is 45.4 Å². The molecular weight excluding hydrogens is 406 g/mol. The van der Waals surface area contributed by atoms with Crippen LogP contribution in [0.3, 0.4) is 0 Å². The zero-order valence-corrected chi connectivity index (χ0v) is 17.5. The minimum atomic E-state index is -0.403. The van der Waals surface area contributed by atoms with Crippen LogP contribution in [0.25, 0.3) is 5.57 Å². The minimum Gasteiger partial charge on any atom is -0.430 e. The molecule has 1 aliphatic heterocycles. The van der Waals surface area contributed by atoms with Crippen LogP contribution in [0.15, 0.2) is 36.0 Å². The molecule has 8 heteroatoms. The Morgan fingerprint density at radius 3 is 2.67 bits per heavy atom. The Bertz CT molecular complexity index is 1070. The van der Waals surface area contributed by atoms with Crippen LogP contribution in [-0.2, 0) is 17.6 Å². The topological polar surface area (TPSA) is 88.5 Å². The summed E-state index contributed by atoms with van der Waals surface area (Å²) in [5.74, 6) is 0. The molecule has 1 fully saturated rings. The van der Waals surface area contributed by atoms with Crippen molar-refractivity contribution in [3.05, 3.63) is 73.6 Å². The lowest BCUT2D eigenvalue weighted by molar-refractivity contribution is -0.549. The maximum Gasteiger partial charge on any atom is 0.546 e. The van der Waals surface area contributed by atoms with E-state index < -0.39 is 4.92 Å². The largest absolute Gasteiger partial charge is 0.546 e. The summed E-state index contributed by atoms with van der Waals surface area (Å²) in [6.45, 7) is 3.52. The van der Waals surface area contributed by atoms with Gasteiger partial charge in [0.05, 0.1) is 17.2 Å². The summed E-state index contributed by atoms with van der Waals surface area (Å²) in [7, 11) is 0. The first-order chi connectivity index (χ1) is 14.5. The molecule has 0 atom stereocenters. The predicted molar refractivity (Wildman–Crippen MR) is 114 cm³/mol. The molecule has 0 radical (unpaired) electrons. The maximum absolute atomic E-state index is 11.3. The zero-order chi connectivity index (χ0) is 21.3. The molecular formula is C22H23ClN3O4+. The van der Waals surface area contributed by atoms with Gasteiger partial charge in [-0.15, -0.1) is 0 Å². The number of aryl methyl sites for hydroxylation is 2. The Kier molecular flexibility index (Phi) is 5.72. The molecule has 0 spiro atoms. The number of rotatable bonds is 2. The number of nitro groups is 1. The van der Waals surface area contributed by atoms with Gasteiger partial charge >= 0.3 is 6.08 Å². The molecule has 156 valence electrons. The first kappa shape index (κ1) is 20.3. The van der Waals surface area contributed by atoms with E-state index in [1.165, 1.54) is 11.8 Å². The van der Waals surface area contributed by atoms with E-state index in [1.54, 1.807) is 6.07 Å². The second kappa shape index (κ2) is 8.44. The number of pyridine rings is 1. The van der Waals surface area contributed by atoms with Crippen LogP contribution in [0.2, 0.25) is 5.02 Å². The quantitative estimate of drug-likeness (QED) is 0.333. The van der Waals surface area contributed by atoms with E-state index in [1.807, 2.05) is 29.7 Å². The van der Waals surface area contributed by atoms with Crippen molar-refractivity contribution < 1.29 is 19.3 Å². The number of aromatic nitrogens is 1. The molecule has 0 unspecified atom stereocenters. The number of piperidine rings is 1. The van der Waals surface area contributed by atoms with E-state index in [4.69, 9.17) is 16.3 Å². The molecule has 2 aliphatic rings. The number of aliphatic hydroxyl groups is 1. The van der Waals surface area contributed by atoms with E-state index in [0.29, 0.717) is 31.1 Å². The van der Waals surface area contributed by atoms with Crippen molar-refractivity contribution >= 4 is 28.9 Å². The van der Waals surface area contributed by atoms with Crippen LogP contribution in [0.1, 0.15) is 42.1 Å². The van der Waals surface area contributed by atoms with Crippen molar-refractivity contribution in [2.45, 2.75) is 32.6 Å². The van der Waals surface area contributed by atoms with Crippen LogP contribution in [0, 0.1) is 10.1 Å². The van der Waals surface area contributed by atoms with Gasteiger partial charge in [-0.1, -0.05) is 17.7 Å². The van der Waals surface area contributed by atoms with Gasteiger partial charge in [-0.05, 0) is 54.2 Å². The lowest BCUT2D eigenvalue weighted by Crippen LogP contribution is -2.30. The molecule has 30 heavy (non-hydrogen) atoms. The van der Waals surface area contributed by atoms with Crippen molar-refractivity contribution in [1.29, 1.82) is 0 Å². The number of hydrogen-bond acceptors (Lipinski definition) is 4. The van der Waals surface area contributed by atoms with Gasteiger partial charge in [0.2, 0.25) is 0 Å². The molecule has 0 saturated carbocycles. The zero-order valence-electron chi connectivity index (χ0n) is 16.7. The highest BCUT2D eigenvalue weighted by atomic mass is 35.5. The lowest BCUT2D eigenvalue weighted by Gasteiger charge is -2.20. The molecule has 0 bridgehead atoms. The molecule has 1 aromatic carbocycles. The fourth-order valence-corrected chi connectivity index (χ4v) is 4.41. The first-order valence-corrected chi connectivity index (χ1v) is 10.4. The second-order valence-electron chi connectivity index (χ2n) is 7.44. The molecule has 7 nitrogen and oxygen atoms in total. The highest BCUT2D eigenvalue weighted by molar-refractivity contribution is 6.30. The van der Waals surface area contributed by atoms with Crippen LogP contribution < -0.4 is 0 Å². The van der Waals surface area contributed by atoms with Gasteiger partial charge in [-0.25, -0.2) is 4.98 Å². The molecule has 1 N–H and O–H groups in total. The summed E-state index contributed by atoms with van der Waals surface area (Å²) in [6, 6.07) is 7.51. The molecule has 2 heterocycles. The summed E-state index contributed by atoms with van der Waals surface area (Å²) < 4.78 is 7.07. The lowest BCUT2D eigenvalue weighted by atomic mass is 9.89. The monoisotopic (exact) mass is 428 g/mol. The van der Waals surface area contributed by atoms with Gasteiger partial charge in [0.15, 0.2) is 13.1 Å². The van der Waals surface area contributed by atoms with Gasteiger partial charge in [-0.3, -0.25) is 10.1 Å². The number of benzene rings is 1. The molecule has 1 aromatic heterocycles. The van der Waals surface area contributed by atoms with Crippen molar-refractivity contribution in [1.82, 2.24) is 4.98 Å². The first-order valence-electron chi connectivity index (χ1n) is 10.1. The Balaban J connectivity index is 1.83. The Morgan fingerprint density at radius 2 is 1.97 bits per heavy atom. The number of fused-ring (bicyclic) bond motifs is 2. The van der Waals surface area contributed by atoms with E-state index in [2.05, 4.69) is 4.98 Å². The average Bonchev–Trinajstić information content (AvgIpc) is 2.90. The van der Waals surface area contributed by atoms with Crippen molar-refractivity contribution in [2.24, 2.45) is 0 Å². The third kappa shape index (κ3) is 3.89. The standard InChI is InChI=1S/C22H22ClN3O4/c1-2-30-22(27)25-9-7-14(8-10-25)20-19-6-5-17(23)11-15(19)3-4-16-12-18(26(28)29)13-24-21(16)20/h5-6,11-13H,2-4,7-10H2,1H3/p+1. The Morgan fingerprint density at radius 1 is 1.23 bits per heavy atom. The van der Waals surface area contributed by atoms with E-state index in [0.717, 1.165) is 47.2 Å². The van der Waals surface area contributed by atoms with Crippen LogP contribution in [0.4, 0.5) is 5.69 Å². The van der Waals surface area contributed by atoms with E-state index >= 15 is 0 Å². The Labute approximate surface area is 179 Å². The van der Waals surface area contributed by atoms with Gasteiger partial charge in [0.1, 0.15) is 6.20 Å². The average molecular weight is 429 g/mol. The highest BCUT2D eigenvalue weighted by Crippen LogP contribution is 2.39. The molecule has 0 amide bonds. The van der Waals surface area contributed by atoms with Gasteiger partial charge in [0, 0.05) is 29.5 Å². The number of hydrogen-bond donors (Lipinski definition) is 1. The van der Waals surface area contributed by atoms with Gasteiger partial charge in [0.25, 0.3) is 5.69 Å². The summed E-state index contributed by atoms with van der Waals surface area (Å²) in [4.78, 5) is 15.4. The maximum atomic E-state index is 11.3. The molecule has 4 rings (SSSR count). The van der Waals surface area contributed by atoms with Gasteiger partial charge in [-0.2, -0.15) is 4.58 Å². The third-order valence-corrected chi connectivity index (χ3v) is 5.90. The van der Waals surface area contributed by atoms with E-state index in [9.17, 15) is 15.2 Å². The summed E-state index contributed by atoms with van der Waals surface area (Å²) in [6.07, 6.45) is 4.19. The highest BCUT2D eigenvalue weighted by Gasteiger charge is 2.29. The molecule has 1 aliphatic carbocycles. The van der Waals surface area contributed by atoms with Gasteiger partial charge < -0.3 is 9.84 Å². The Hall–Kier alpha value is -2.93. The number of nitrogens with zero attached hydrogens (tertiary/aromatic N) is 3. The fraction of sp³-hybridized carbons (Fsp3) is 0.364. The number of aliphatic hydroxyl groups excluding tert-OH is 1. The van der Waals surface area contributed by atoms with Crippen LogP contribution in [0.5, 0.6) is 0 Å². The normalized spacial score (nSPS) is 15.9. The minimum absolute atomic E-state index is 0.00754. The number of ether oxygens (including phenoxy) is 1. The molecule has 1 saturated heterocycles. The van der Waals surface area contributed by atoms with Crippen molar-refractivity contribution in [3.8, 4) is 0 Å². The predicted octanol–water partition coefficient (Wildman–Crippen LogP) is 4.30. The fourth-order valence-electron chi connectivity index (χ4n) is 4.22. The van der Waals surface area contributed by atoms with E-state index in [-0.39, 0.29) is 11.8 Å². The number of halogens is 1. The molecule has 2 aromatic rings.